The molecule has 82 valence electrons. The lowest BCUT2D eigenvalue weighted by Gasteiger charge is -2.01. The van der Waals surface area contributed by atoms with Crippen LogP contribution < -0.4 is 0 Å². The van der Waals surface area contributed by atoms with Gasteiger partial charge in [0, 0.05) is 0 Å². The van der Waals surface area contributed by atoms with Crippen molar-refractivity contribution in [2.75, 3.05) is 0 Å². The summed E-state index contributed by atoms with van der Waals surface area (Å²) < 4.78 is 0. The molecular weight excluding hydrogens is 180 g/mol. The number of hydrogen-bond donors (Lipinski definition) is 0. The van der Waals surface area contributed by atoms with Gasteiger partial charge in [0.05, 0.1) is 0 Å². The molecule has 0 amide bonds. The first-order valence-electron chi connectivity index (χ1n) is 5.48. The molecule has 0 bridgehead atoms. The van der Waals surface area contributed by atoms with Gasteiger partial charge in [0.25, 0.3) is 0 Å². The fourth-order valence-electron chi connectivity index (χ4n) is 0.832. The summed E-state index contributed by atoms with van der Waals surface area (Å²) in [5.41, 5.74) is 1.41. The second-order valence-electron chi connectivity index (χ2n) is 3.75. The molecule has 0 radical (unpaired) electrons. The third-order valence-corrected chi connectivity index (χ3v) is 2.13. The molecule has 0 aromatic carbocycles. The molecule has 0 heteroatoms. The van der Waals surface area contributed by atoms with Crippen molar-refractivity contribution < 1.29 is 0 Å². The first-order valence-corrected chi connectivity index (χ1v) is 5.48. The van der Waals surface area contributed by atoms with Crippen molar-refractivity contribution in [1.29, 1.82) is 0 Å². The Bertz CT molecular complexity index is 283. The molecule has 0 N–H and O–H groups in total. The summed E-state index contributed by atoms with van der Waals surface area (Å²) in [5.74, 6) is 0.633. The molecule has 0 heterocycles. The Labute approximate surface area is 94.4 Å². The highest BCUT2D eigenvalue weighted by Gasteiger charge is 1.91. The van der Waals surface area contributed by atoms with Crippen LogP contribution in [0.3, 0.4) is 0 Å². The molecular formula is C15H22. The van der Waals surface area contributed by atoms with Gasteiger partial charge in [-0.15, -0.1) is 0 Å². The molecule has 0 aromatic rings. The van der Waals surface area contributed by atoms with E-state index in [-0.39, 0.29) is 0 Å². The zero-order valence-corrected chi connectivity index (χ0v) is 10.3. The van der Waals surface area contributed by atoms with Crippen LogP contribution in [0.1, 0.15) is 27.7 Å². The largest absolute Gasteiger partial charge is 0.0877 e. The molecule has 0 fully saturated rings. The fraction of sp³-hybridized carbons (Fsp3) is 0.333. The molecule has 0 saturated carbocycles. The molecule has 0 spiro atoms. The average molecular weight is 202 g/mol. The van der Waals surface area contributed by atoms with E-state index in [9.17, 15) is 0 Å². The Hall–Kier alpha value is -1.30. The van der Waals surface area contributed by atoms with E-state index in [0.29, 0.717) is 5.92 Å². The predicted octanol–water partition coefficient (Wildman–Crippen LogP) is 4.83. The minimum Gasteiger partial charge on any atom is -0.0877 e. The minimum atomic E-state index is 0.633. The lowest BCUT2D eigenvalue weighted by Crippen LogP contribution is -1.86. The van der Waals surface area contributed by atoms with Gasteiger partial charge >= 0.3 is 0 Å². The van der Waals surface area contributed by atoms with Gasteiger partial charge in [0.1, 0.15) is 0 Å². The Kier molecular flexibility index (Phi) is 8.46. The molecule has 0 aliphatic rings. The standard InChI is InChI=1S/C15H22/c1-5-6-7-8-9-10-11-12-13-15(4)14(2)3/h5-14H,1-4H3. The highest BCUT2D eigenvalue weighted by Crippen LogP contribution is 2.07. The summed E-state index contributed by atoms with van der Waals surface area (Å²) in [6, 6.07) is 0. The molecule has 0 rings (SSSR count). The summed E-state index contributed by atoms with van der Waals surface area (Å²) in [6.07, 6.45) is 18.4. The summed E-state index contributed by atoms with van der Waals surface area (Å²) in [6.45, 7) is 8.57. The molecule has 0 aromatic heterocycles. The maximum atomic E-state index is 2.20. The van der Waals surface area contributed by atoms with Crippen molar-refractivity contribution in [3.8, 4) is 0 Å². The van der Waals surface area contributed by atoms with Gasteiger partial charge in [-0.25, -0.2) is 0 Å². The van der Waals surface area contributed by atoms with Crippen LogP contribution in [0.5, 0.6) is 0 Å². The van der Waals surface area contributed by atoms with Crippen molar-refractivity contribution in [3.63, 3.8) is 0 Å². The quantitative estimate of drug-likeness (QED) is 0.560. The summed E-state index contributed by atoms with van der Waals surface area (Å²) in [5, 5.41) is 0. The SMILES string of the molecule is CC=CC=CC=CC=CC=C(C)C(C)C. The number of allylic oxidation sites excluding steroid dienone is 10. The van der Waals surface area contributed by atoms with Crippen LogP contribution in [0.25, 0.3) is 0 Å². The van der Waals surface area contributed by atoms with Crippen molar-refractivity contribution in [1.82, 2.24) is 0 Å². The van der Waals surface area contributed by atoms with E-state index in [0.717, 1.165) is 0 Å². The van der Waals surface area contributed by atoms with E-state index in [2.05, 4.69) is 32.9 Å². The van der Waals surface area contributed by atoms with Gasteiger partial charge in [-0.2, -0.15) is 0 Å². The lowest BCUT2D eigenvalue weighted by molar-refractivity contribution is 0.769. The molecule has 0 unspecified atom stereocenters. The average Bonchev–Trinajstić information content (AvgIpc) is 2.21. The molecule has 0 aliphatic heterocycles. The van der Waals surface area contributed by atoms with E-state index < -0.39 is 0 Å². The fourth-order valence-corrected chi connectivity index (χ4v) is 0.832. The van der Waals surface area contributed by atoms with E-state index in [4.69, 9.17) is 0 Å². The van der Waals surface area contributed by atoms with Crippen LogP contribution in [0.2, 0.25) is 0 Å². The molecule has 0 nitrogen and oxygen atoms in total. The Balaban J connectivity index is 3.95. The second kappa shape index (κ2) is 9.26. The monoisotopic (exact) mass is 202 g/mol. The van der Waals surface area contributed by atoms with Crippen LogP contribution in [-0.2, 0) is 0 Å². The minimum absolute atomic E-state index is 0.633. The molecule has 15 heavy (non-hydrogen) atoms. The topological polar surface area (TPSA) is 0 Å². The molecule has 0 atom stereocenters. The van der Waals surface area contributed by atoms with Crippen molar-refractivity contribution in [3.05, 3.63) is 60.3 Å². The Morgan fingerprint density at radius 3 is 1.73 bits per heavy atom. The van der Waals surface area contributed by atoms with Gasteiger partial charge in [0.2, 0.25) is 0 Å². The van der Waals surface area contributed by atoms with Crippen LogP contribution in [-0.4, -0.2) is 0 Å². The third kappa shape index (κ3) is 9.01. The van der Waals surface area contributed by atoms with Gasteiger partial charge in [-0.1, -0.05) is 74.1 Å². The van der Waals surface area contributed by atoms with Gasteiger partial charge in [0.15, 0.2) is 0 Å². The van der Waals surface area contributed by atoms with Crippen molar-refractivity contribution >= 4 is 0 Å². The van der Waals surface area contributed by atoms with Crippen LogP contribution in [0.15, 0.2) is 60.3 Å². The highest BCUT2D eigenvalue weighted by molar-refractivity contribution is 5.19. The molecule has 0 saturated heterocycles. The Morgan fingerprint density at radius 2 is 1.27 bits per heavy atom. The van der Waals surface area contributed by atoms with Gasteiger partial charge < -0.3 is 0 Å². The first-order chi connectivity index (χ1) is 7.18. The first kappa shape index (κ1) is 13.7. The van der Waals surface area contributed by atoms with Crippen LogP contribution >= 0.6 is 0 Å². The zero-order chi connectivity index (χ0) is 11.5. The van der Waals surface area contributed by atoms with E-state index >= 15 is 0 Å². The van der Waals surface area contributed by atoms with Gasteiger partial charge in [-0.05, 0) is 19.8 Å². The second-order valence-corrected chi connectivity index (χ2v) is 3.75. The molecule has 0 aliphatic carbocycles. The number of hydrogen-bond acceptors (Lipinski definition) is 0. The summed E-state index contributed by atoms with van der Waals surface area (Å²) in [4.78, 5) is 0. The van der Waals surface area contributed by atoms with Crippen LogP contribution in [0, 0.1) is 5.92 Å². The maximum absolute atomic E-state index is 2.20. The summed E-state index contributed by atoms with van der Waals surface area (Å²) >= 11 is 0. The van der Waals surface area contributed by atoms with Gasteiger partial charge in [-0.3, -0.25) is 0 Å². The predicted molar refractivity (Wildman–Crippen MR) is 70.8 cm³/mol. The van der Waals surface area contributed by atoms with E-state index in [1.165, 1.54) is 5.57 Å². The number of rotatable bonds is 5. The van der Waals surface area contributed by atoms with Crippen molar-refractivity contribution in [2.45, 2.75) is 27.7 Å². The highest BCUT2D eigenvalue weighted by atomic mass is 14.0. The normalized spacial score (nSPS) is 14.6. The lowest BCUT2D eigenvalue weighted by atomic mass is 10.1. The summed E-state index contributed by atoms with van der Waals surface area (Å²) in [7, 11) is 0. The van der Waals surface area contributed by atoms with E-state index in [1.807, 2.05) is 49.5 Å². The smallest absolute Gasteiger partial charge is 0.0260 e. The van der Waals surface area contributed by atoms with Crippen molar-refractivity contribution in [2.24, 2.45) is 5.92 Å². The van der Waals surface area contributed by atoms with Crippen LogP contribution in [0.4, 0.5) is 0 Å². The van der Waals surface area contributed by atoms with E-state index in [1.54, 1.807) is 0 Å². The zero-order valence-electron chi connectivity index (χ0n) is 10.3. The third-order valence-electron chi connectivity index (χ3n) is 2.13. The maximum Gasteiger partial charge on any atom is -0.0260 e. The Morgan fingerprint density at radius 1 is 0.800 bits per heavy atom.